The van der Waals surface area contributed by atoms with Crippen molar-refractivity contribution in [2.24, 2.45) is 0 Å². The normalized spacial score (nSPS) is 9.14. The second-order valence-electron chi connectivity index (χ2n) is 1.27. The molecule has 0 unspecified atom stereocenters. The summed E-state index contributed by atoms with van der Waals surface area (Å²) in [4.78, 5) is 0. The van der Waals surface area contributed by atoms with E-state index in [4.69, 9.17) is 0 Å². The highest BCUT2D eigenvalue weighted by molar-refractivity contribution is 5.02. The van der Waals surface area contributed by atoms with Crippen LogP contribution in [0.4, 0.5) is 0 Å². The van der Waals surface area contributed by atoms with Crippen LogP contribution in [0.15, 0.2) is 10.7 Å². The lowest BCUT2D eigenvalue weighted by molar-refractivity contribution is 0.395. The molecule has 0 N–H and O–H groups in total. The number of hydrogen-bond donors (Lipinski definition) is 0. The molecule has 0 spiro atoms. The predicted molar refractivity (Wildman–Crippen MR) is 26.8 cm³/mol. The molecule has 7 heavy (non-hydrogen) atoms. The molecule has 36 valence electrons. The van der Waals surface area contributed by atoms with Gasteiger partial charge in [0.1, 0.15) is 0 Å². The fourth-order valence-corrected chi connectivity index (χ4v) is 0.284. The van der Waals surface area contributed by atoms with Crippen LogP contribution < -0.4 is 10.6 Å². The maximum absolute atomic E-state index is 4.54. The Morgan fingerprint density at radius 3 is 2.43 bits per heavy atom. The Morgan fingerprint density at radius 1 is 1.57 bits per heavy atom. The Hall–Kier alpha value is -1.05. The Morgan fingerprint density at radius 2 is 2.29 bits per heavy atom. The van der Waals surface area contributed by atoms with Gasteiger partial charge in [-0.05, 0) is 0 Å². The zero-order chi connectivity index (χ0) is 5.28. The van der Waals surface area contributed by atoms with Crippen LogP contribution in [0, 0.1) is 0 Å². The number of rotatable bonds is 0. The summed E-state index contributed by atoms with van der Waals surface area (Å²) in [6.45, 7) is 7.05. The minimum absolute atomic E-state index is 0.542. The van der Waals surface area contributed by atoms with Crippen LogP contribution in [-0.2, 0) is 0 Å². The summed E-state index contributed by atoms with van der Waals surface area (Å²) in [5.74, 6) is 0. The molecule has 0 amide bonds. The molecule has 0 saturated carbocycles. The van der Waals surface area contributed by atoms with Gasteiger partial charge < -0.3 is 4.52 Å². The minimum Gasteiger partial charge on any atom is -0.357 e. The maximum atomic E-state index is 4.54. The highest BCUT2D eigenvalue weighted by Gasteiger charge is 1.77. The summed E-state index contributed by atoms with van der Waals surface area (Å²) in [7, 11) is 0. The quantitative estimate of drug-likeness (QED) is 0.434. The monoisotopic (exact) mass is 95.0 g/mol. The summed E-state index contributed by atoms with van der Waals surface area (Å²) in [5.41, 5.74) is 0.542. The van der Waals surface area contributed by atoms with Gasteiger partial charge in [-0.1, -0.05) is 18.3 Å². The summed E-state index contributed by atoms with van der Waals surface area (Å²) in [6, 6.07) is 0. The molecular formula is C5H5NO. The molecular weight excluding hydrogens is 90.1 g/mol. The van der Waals surface area contributed by atoms with E-state index in [-0.39, 0.29) is 0 Å². The van der Waals surface area contributed by atoms with Gasteiger partial charge >= 0.3 is 0 Å². The van der Waals surface area contributed by atoms with Gasteiger partial charge in [0.25, 0.3) is 0 Å². The summed E-state index contributed by atoms with van der Waals surface area (Å²) < 4.78 is 4.54. The molecule has 0 bridgehead atoms. The van der Waals surface area contributed by atoms with Crippen molar-refractivity contribution < 1.29 is 4.52 Å². The van der Waals surface area contributed by atoms with E-state index in [1.54, 1.807) is 0 Å². The molecule has 2 nitrogen and oxygen atoms in total. The van der Waals surface area contributed by atoms with Crippen molar-refractivity contribution in [2.75, 3.05) is 0 Å². The molecule has 0 atom stereocenters. The van der Waals surface area contributed by atoms with Crippen molar-refractivity contribution >= 4 is 13.2 Å². The third kappa shape index (κ3) is 0.538. The first-order chi connectivity index (χ1) is 3.30. The van der Waals surface area contributed by atoms with Crippen LogP contribution in [0.25, 0.3) is 13.2 Å². The van der Waals surface area contributed by atoms with Crippen LogP contribution >= 0.6 is 0 Å². The van der Waals surface area contributed by atoms with Crippen molar-refractivity contribution in [1.29, 1.82) is 0 Å². The molecule has 2 heteroatoms. The van der Waals surface area contributed by atoms with Crippen LogP contribution in [0.2, 0.25) is 0 Å². The van der Waals surface area contributed by atoms with E-state index < -0.39 is 0 Å². The SMILES string of the molecule is C=c1cnoc1=C. The molecule has 1 rings (SSSR count). The second kappa shape index (κ2) is 1.22. The van der Waals surface area contributed by atoms with Crippen molar-refractivity contribution in [3.05, 3.63) is 16.8 Å². The van der Waals surface area contributed by atoms with Crippen LogP contribution in [0.5, 0.6) is 0 Å². The van der Waals surface area contributed by atoms with Crippen molar-refractivity contribution in [3.63, 3.8) is 0 Å². The molecule has 1 aromatic heterocycles. The molecule has 0 aliphatic carbocycles. The first-order valence-electron chi connectivity index (χ1n) is 1.89. The highest BCUT2D eigenvalue weighted by atomic mass is 16.5. The van der Waals surface area contributed by atoms with Gasteiger partial charge in [-0.2, -0.15) is 0 Å². The van der Waals surface area contributed by atoms with E-state index in [0.29, 0.717) is 5.42 Å². The minimum atomic E-state index is 0.542. The third-order valence-corrected chi connectivity index (χ3v) is 0.730. The van der Waals surface area contributed by atoms with Crippen molar-refractivity contribution in [2.45, 2.75) is 0 Å². The fraction of sp³-hybridized carbons (Fsp3) is 0. The van der Waals surface area contributed by atoms with E-state index in [1.807, 2.05) is 0 Å². The summed E-state index contributed by atoms with van der Waals surface area (Å²) in [5, 5.41) is 4.17. The largest absolute Gasteiger partial charge is 0.357 e. The summed E-state index contributed by atoms with van der Waals surface area (Å²) in [6.07, 6.45) is 1.53. The van der Waals surface area contributed by atoms with E-state index in [2.05, 4.69) is 22.8 Å². The lowest BCUT2D eigenvalue weighted by Crippen LogP contribution is -2.13. The second-order valence-corrected chi connectivity index (χ2v) is 1.27. The molecule has 0 fully saturated rings. The van der Waals surface area contributed by atoms with E-state index in [9.17, 15) is 0 Å². The van der Waals surface area contributed by atoms with Gasteiger partial charge in [0.2, 0.25) is 0 Å². The fourth-order valence-electron chi connectivity index (χ4n) is 0.284. The topological polar surface area (TPSA) is 26.0 Å². The Labute approximate surface area is 40.7 Å². The van der Waals surface area contributed by atoms with Gasteiger partial charge in [0.05, 0.1) is 6.20 Å². The first-order valence-corrected chi connectivity index (χ1v) is 1.89. The van der Waals surface area contributed by atoms with Crippen LogP contribution in [0.3, 0.4) is 0 Å². The third-order valence-electron chi connectivity index (χ3n) is 0.730. The zero-order valence-corrected chi connectivity index (χ0v) is 3.85. The predicted octanol–water partition coefficient (Wildman–Crippen LogP) is -0.505. The lowest BCUT2D eigenvalue weighted by atomic mass is 10.5. The van der Waals surface area contributed by atoms with Gasteiger partial charge in [-0.25, -0.2) is 0 Å². The van der Waals surface area contributed by atoms with E-state index >= 15 is 0 Å². The zero-order valence-electron chi connectivity index (χ0n) is 3.85. The molecule has 1 heterocycles. The smallest absolute Gasteiger partial charge is 0.159 e. The molecule has 0 aliphatic heterocycles. The number of nitrogens with zero attached hydrogens (tertiary/aromatic N) is 1. The molecule has 0 radical (unpaired) electrons. The summed E-state index contributed by atoms with van der Waals surface area (Å²) >= 11 is 0. The average Bonchev–Trinajstić information content (AvgIpc) is 1.91. The first kappa shape index (κ1) is 4.12. The lowest BCUT2D eigenvalue weighted by Gasteiger charge is -1.57. The van der Waals surface area contributed by atoms with E-state index in [1.165, 1.54) is 6.20 Å². The van der Waals surface area contributed by atoms with Crippen LogP contribution in [0.1, 0.15) is 0 Å². The van der Waals surface area contributed by atoms with Gasteiger partial charge in [0.15, 0.2) is 5.42 Å². The van der Waals surface area contributed by atoms with E-state index in [0.717, 1.165) is 5.22 Å². The number of aromatic nitrogens is 1. The molecule has 0 aliphatic rings. The molecule has 1 aromatic rings. The molecule has 0 saturated heterocycles. The molecule has 0 aromatic carbocycles. The van der Waals surface area contributed by atoms with Crippen LogP contribution in [-0.4, -0.2) is 5.16 Å². The van der Waals surface area contributed by atoms with Gasteiger partial charge in [0, 0.05) is 5.22 Å². The highest BCUT2D eigenvalue weighted by Crippen LogP contribution is 1.50. The van der Waals surface area contributed by atoms with Crippen molar-refractivity contribution in [1.82, 2.24) is 5.16 Å². The Balaban J connectivity index is 3.71. The van der Waals surface area contributed by atoms with Crippen molar-refractivity contribution in [3.8, 4) is 0 Å². The standard InChI is InChI=1S/C5H5NO/c1-4-3-6-7-5(4)2/h3H,1-2H2. The Kier molecular flexibility index (Phi) is 0.719. The average molecular weight is 95.1 g/mol. The number of hydrogen-bond acceptors (Lipinski definition) is 2. The van der Waals surface area contributed by atoms with Gasteiger partial charge in [-0.3, -0.25) is 0 Å². The Bertz CT molecular complexity index is 212. The maximum Gasteiger partial charge on any atom is 0.159 e. The van der Waals surface area contributed by atoms with Gasteiger partial charge in [-0.15, -0.1) is 0 Å².